The number of nitrogens with one attached hydrogen (secondary N) is 1. The van der Waals surface area contributed by atoms with Gasteiger partial charge in [0.15, 0.2) is 5.76 Å². The highest BCUT2D eigenvalue weighted by Crippen LogP contribution is 2.31. The molecule has 148 valence electrons. The number of nitrogens with two attached hydrogens (primary N) is 1. The summed E-state index contributed by atoms with van der Waals surface area (Å²) in [5.74, 6) is 0.778. The Morgan fingerprint density at radius 3 is 2.39 bits per heavy atom. The van der Waals surface area contributed by atoms with Gasteiger partial charge in [-0.25, -0.2) is 0 Å². The molecule has 2 aromatic carbocycles. The lowest BCUT2D eigenvalue weighted by Gasteiger charge is -2.18. The maximum absolute atomic E-state index is 10.2. The van der Waals surface area contributed by atoms with Crippen LogP contribution in [-0.2, 0) is 0 Å². The molecule has 6 N–H and O–H groups in total. The Morgan fingerprint density at radius 2 is 1.79 bits per heavy atom. The highest BCUT2D eigenvalue weighted by atomic mass is 16.5. The number of aliphatic hydroxyl groups is 1. The molecule has 0 aliphatic rings. The summed E-state index contributed by atoms with van der Waals surface area (Å²) in [4.78, 5) is 3.62. The van der Waals surface area contributed by atoms with E-state index >= 15 is 0 Å². The zero-order valence-corrected chi connectivity index (χ0v) is 15.4. The Labute approximate surface area is 162 Å². The fourth-order valence-electron chi connectivity index (χ4n) is 2.63. The lowest BCUT2D eigenvalue weighted by atomic mass is 10.1. The Bertz CT molecular complexity index is 893. The molecule has 0 fully saturated rings. The van der Waals surface area contributed by atoms with E-state index in [0.29, 0.717) is 24.5 Å². The van der Waals surface area contributed by atoms with Crippen molar-refractivity contribution in [1.82, 2.24) is 10.3 Å². The molecule has 0 spiro atoms. The number of hydrogen-bond acceptors (Lipinski definition) is 8. The van der Waals surface area contributed by atoms with Gasteiger partial charge in [0.1, 0.15) is 18.1 Å². The topological polar surface area (TPSA) is 134 Å². The third kappa shape index (κ3) is 4.93. The predicted octanol–water partition coefficient (Wildman–Crippen LogP) is 2.43. The molecule has 0 aliphatic heterocycles. The zero-order chi connectivity index (χ0) is 20.1. The number of aliphatic hydroxyl groups excluding tert-OH is 1. The van der Waals surface area contributed by atoms with E-state index in [2.05, 4.69) is 10.3 Å². The van der Waals surface area contributed by atoms with Crippen molar-refractivity contribution in [3.05, 3.63) is 54.1 Å². The highest BCUT2D eigenvalue weighted by Gasteiger charge is 2.13. The second-order valence-electron chi connectivity index (χ2n) is 6.46. The average Bonchev–Trinajstić information content (AvgIpc) is 3.03. The summed E-state index contributed by atoms with van der Waals surface area (Å²) in [6.07, 6.45) is -0.677. The van der Waals surface area contributed by atoms with Crippen LogP contribution < -0.4 is 15.8 Å². The molecule has 1 aromatic heterocycles. The Kier molecular flexibility index (Phi) is 6.03. The maximum Gasteiger partial charge on any atom is 0.295 e. The van der Waals surface area contributed by atoms with Crippen LogP contribution in [0.5, 0.6) is 17.4 Å². The number of phenols is 1. The first kappa shape index (κ1) is 19.5. The van der Waals surface area contributed by atoms with E-state index in [-0.39, 0.29) is 29.4 Å². The van der Waals surface area contributed by atoms with Crippen molar-refractivity contribution in [2.24, 2.45) is 0 Å². The molecule has 3 aromatic rings. The minimum Gasteiger partial charge on any atom is -0.508 e. The lowest BCUT2D eigenvalue weighted by molar-refractivity contribution is 0.163. The summed E-state index contributed by atoms with van der Waals surface area (Å²) in [5, 5.41) is 32.3. The third-order valence-electron chi connectivity index (χ3n) is 4.18. The SMILES string of the molecule is CC(COc1ccc(-c2oc(N)nc2O)cc1)NCC(O)c1ccc(O)cc1. The van der Waals surface area contributed by atoms with Crippen molar-refractivity contribution in [1.29, 1.82) is 0 Å². The summed E-state index contributed by atoms with van der Waals surface area (Å²) in [6, 6.07) is 13.4. The van der Waals surface area contributed by atoms with Gasteiger partial charge in [-0.15, -0.1) is 0 Å². The van der Waals surface area contributed by atoms with E-state index in [1.165, 1.54) is 0 Å². The zero-order valence-electron chi connectivity index (χ0n) is 15.4. The molecule has 8 heteroatoms. The van der Waals surface area contributed by atoms with Crippen LogP contribution in [0.15, 0.2) is 52.9 Å². The smallest absolute Gasteiger partial charge is 0.295 e. The van der Waals surface area contributed by atoms with E-state index < -0.39 is 6.10 Å². The van der Waals surface area contributed by atoms with Crippen molar-refractivity contribution in [2.45, 2.75) is 19.1 Å². The van der Waals surface area contributed by atoms with Crippen molar-refractivity contribution in [2.75, 3.05) is 18.9 Å². The molecule has 2 atom stereocenters. The van der Waals surface area contributed by atoms with Crippen molar-refractivity contribution < 1.29 is 24.5 Å². The fraction of sp³-hybridized carbons (Fsp3) is 0.250. The molecular weight excluding hydrogens is 362 g/mol. The summed E-state index contributed by atoms with van der Waals surface area (Å²) >= 11 is 0. The van der Waals surface area contributed by atoms with E-state index in [1.54, 1.807) is 48.5 Å². The molecule has 1 heterocycles. The van der Waals surface area contributed by atoms with Gasteiger partial charge in [0.2, 0.25) is 0 Å². The van der Waals surface area contributed by atoms with Crippen LogP contribution in [0, 0.1) is 0 Å². The second-order valence-corrected chi connectivity index (χ2v) is 6.46. The van der Waals surface area contributed by atoms with Gasteiger partial charge < -0.3 is 35.5 Å². The summed E-state index contributed by atoms with van der Waals surface area (Å²) in [5.41, 5.74) is 6.79. The summed E-state index contributed by atoms with van der Waals surface area (Å²) in [7, 11) is 0. The Balaban J connectivity index is 1.47. The quantitative estimate of drug-likeness (QED) is 0.399. The average molecular weight is 385 g/mol. The molecule has 0 amide bonds. The number of aromatic hydroxyl groups is 2. The number of oxazole rings is 1. The fourth-order valence-corrected chi connectivity index (χ4v) is 2.63. The highest BCUT2D eigenvalue weighted by molar-refractivity contribution is 5.64. The Hall–Kier alpha value is -3.23. The van der Waals surface area contributed by atoms with Gasteiger partial charge in [0, 0.05) is 18.2 Å². The van der Waals surface area contributed by atoms with Crippen LogP contribution in [0.3, 0.4) is 0 Å². The number of ether oxygens (including phenoxy) is 1. The third-order valence-corrected chi connectivity index (χ3v) is 4.18. The number of aromatic nitrogens is 1. The summed E-state index contributed by atoms with van der Waals surface area (Å²) in [6.45, 7) is 2.72. The molecular formula is C20H23N3O5. The van der Waals surface area contributed by atoms with Crippen LogP contribution >= 0.6 is 0 Å². The molecule has 0 saturated carbocycles. The Morgan fingerprint density at radius 1 is 1.11 bits per heavy atom. The minimum absolute atomic E-state index is 0.00422. The first-order valence-electron chi connectivity index (χ1n) is 8.81. The molecule has 0 radical (unpaired) electrons. The molecule has 8 nitrogen and oxygen atoms in total. The van der Waals surface area contributed by atoms with Crippen molar-refractivity contribution in [3.8, 4) is 28.7 Å². The van der Waals surface area contributed by atoms with Crippen molar-refractivity contribution in [3.63, 3.8) is 0 Å². The lowest BCUT2D eigenvalue weighted by Crippen LogP contribution is -2.34. The second kappa shape index (κ2) is 8.64. The predicted molar refractivity (Wildman–Crippen MR) is 104 cm³/mol. The number of nitrogens with zero attached hydrogens (tertiary/aromatic N) is 1. The van der Waals surface area contributed by atoms with Gasteiger partial charge in [-0.2, -0.15) is 4.98 Å². The van der Waals surface area contributed by atoms with E-state index in [0.717, 1.165) is 5.56 Å². The van der Waals surface area contributed by atoms with Crippen LogP contribution in [-0.4, -0.2) is 39.5 Å². The molecule has 0 bridgehead atoms. The van der Waals surface area contributed by atoms with E-state index in [9.17, 15) is 15.3 Å². The minimum atomic E-state index is -0.677. The van der Waals surface area contributed by atoms with E-state index in [4.69, 9.17) is 14.9 Å². The molecule has 3 rings (SSSR count). The molecule has 2 unspecified atom stereocenters. The van der Waals surface area contributed by atoms with E-state index in [1.807, 2.05) is 6.92 Å². The van der Waals surface area contributed by atoms with Gasteiger partial charge in [-0.3, -0.25) is 0 Å². The maximum atomic E-state index is 10.2. The number of nitrogen functional groups attached to an aromatic ring is 1. The number of benzene rings is 2. The number of phenolic OH excluding ortho intramolecular Hbond substituents is 1. The number of anilines is 1. The monoisotopic (exact) mass is 385 g/mol. The first-order valence-corrected chi connectivity index (χ1v) is 8.81. The molecule has 28 heavy (non-hydrogen) atoms. The first-order chi connectivity index (χ1) is 13.4. The van der Waals surface area contributed by atoms with Crippen LogP contribution in [0.4, 0.5) is 6.01 Å². The number of hydrogen-bond donors (Lipinski definition) is 5. The van der Waals surface area contributed by atoms with Gasteiger partial charge >= 0.3 is 0 Å². The van der Waals surface area contributed by atoms with Crippen LogP contribution in [0.25, 0.3) is 11.3 Å². The largest absolute Gasteiger partial charge is 0.508 e. The molecule has 0 aliphatic carbocycles. The standard InChI is InChI=1S/C20H23N3O5/c1-12(22-10-17(25)13-2-6-15(24)7-3-13)11-27-16-8-4-14(5-9-16)18-19(26)23-20(21)28-18/h2-9,12,17,22,24-26H,10-11H2,1H3,(H2,21,23). The van der Waals surface area contributed by atoms with Gasteiger partial charge in [-0.05, 0) is 48.9 Å². The van der Waals surface area contributed by atoms with Gasteiger partial charge in [0.05, 0.1) is 6.10 Å². The molecule has 0 saturated heterocycles. The van der Waals surface area contributed by atoms with Gasteiger partial charge in [-0.1, -0.05) is 12.1 Å². The van der Waals surface area contributed by atoms with Crippen molar-refractivity contribution >= 4 is 6.01 Å². The normalized spacial score (nSPS) is 13.2. The summed E-state index contributed by atoms with van der Waals surface area (Å²) < 4.78 is 10.9. The van der Waals surface area contributed by atoms with Gasteiger partial charge in [0.25, 0.3) is 11.9 Å². The number of rotatable bonds is 8. The van der Waals surface area contributed by atoms with Crippen LogP contribution in [0.1, 0.15) is 18.6 Å². The van der Waals surface area contributed by atoms with Crippen LogP contribution in [0.2, 0.25) is 0 Å².